The highest BCUT2D eigenvalue weighted by Crippen LogP contribution is 2.39. The molecule has 2 aromatic heterocycles. The van der Waals surface area contributed by atoms with Crippen LogP contribution in [-0.4, -0.2) is 39.4 Å². The van der Waals surface area contributed by atoms with Gasteiger partial charge in [-0.3, -0.25) is 9.59 Å². The van der Waals surface area contributed by atoms with Crippen molar-refractivity contribution in [2.45, 2.75) is 45.1 Å². The molecule has 1 aliphatic carbocycles. The van der Waals surface area contributed by atoms with Crippen LogP contribution in [0.1, 0.15) is 55.1 Å². The van der Waals surface area contributed by atoms with Gasteiger partial charge in [0.05, 0.1) is 17.5 Å². The Morgan fingerprint density at radius 3 is 2.91 bits per heavy atom. The lowest BCUT2D eigenvalue weighted by molar-refractivity contribution is -0.121. The first-order chi connectivity index (χ1) is 11.1. The van der Waals surface area contributed by atoms with Crippen molar-refractivity contribution in [3.8, 4) is 0 Å². The first-order valence-corrected chi connectivity index (χ1v) is 8.00. The third-order valence-corrected chi connectivity index (χ3v) is 3.88. The summed E-state index contributed by atoms with van der Waals surface area (Å²) >= 11 is 0. The fraction of sp³-hybridized carbons (Fsp3) is 0.500. The molecule has 0 spiro atoms. The Hall–Kier alpha value is -2.44. The molecule has 7 heteroatoms. The summed E-state index contributed by atoms with van der Waals surface area (Å²) in [6.07, 6.45) is 5.91. The quantitative estimate of drug-likeness (QED) is 0.751. The van der Waals surface area contributed by atoms with Gasteiger partial charge in [-0.05, 0) is 26.7 Å². The predicted molar refractivity (Wildman–Crippen MR) is 86.1 cm³/mol. The summed E-state index contributed by atoms with van der Waals surface area (Å²) < 4.78 is 0. The van der Waals surface area contributed by atoms with E-state index in [1.54, 1.807) is 12.4 Å². The second kappa shape index (κ2) is 6.36. The molecule has 2 aromatic rings. The fourth-order valence-electron chi connectivity index (χ4n) is 2.55. The maximum Gasteiger partial charge on any atom is 0.255 e. The van der Waals surface area contributed by atoms with Crippen molar-refractivity contribution < 1.29 is 9.59 Å². The van der Waals surface area contributed by atoms with E-state index in [1.807, 2.05) is 13.8 Å². The minimum Gasteiger partial charge on any atom is -0.356 e. The number of nitrogens with zero attached hydrogens (tertiary/aromatic N) is 2. The van der Waals surface area contributed by atoms with Crippen molar-refractivity contribution in [2.75, 3.05) is 6.54 Å². The molecule has 0 aliphatic heterocycles. The van der Waals surface area contributed by atoms with E-state index >= 15 is 0 Å². The number of H-pyrrole nitrogens is 1. The van der Waals surface area contributed by atoms with Gasteiger partial charge in [0.2, 0.25) is 5.91 Å². The molecule has 3 rings (SSSR count). The van der Waals surface area contributed by atoms with E-state index in [9.17, 15) is 9.59 Å². The second-order valence-electron chi connectivity index (χ2n) is 6.00. The van der Waals surface area contributed by atoms with Gasteiger partial charge in [-0.15, -0.1) is 0 Å². The summed E-state index contributed by atoms with van der Waals surface area (Å²) in [5.41, 5.74) is 2.62. The second-order valence-corrected chi connectivity index (χ2v) is 6.00. The summed E-state index contributed by atoms with van der Waals surface area (Å²) in [5, 5.41) is 5.56. The highest BCUT2D eigenvalue weighted by Gasteiger charge is 2.26. The highest BCUT2D eigenvalue weighted by atomic mass is 16.2. The van der Waals surface area contributed by atoms with Crippen LogP contribution in [0.15, 0.2) is 12.4 Å². The first kappa shape index (κ1) is 15.5. The van der Waals surface area contributed by atoms with E-state index in [0.717, 1.165) is 18.5 Å². The highest BCUT2D eigenvalue weighted by molar-refractivity contribution is 6.04. The van der Waals surface area contributed by atoms with Gasteiger partial charge in [0.1, 0.15) is 5.52 Å². The predicted octanol–water partition coefficient (Wildman–Crippen LogP) is 1.48. The van der Waals surface area contributed by atoms with Crippen molar-refractivity contribution in [1.29, 1.82) is 0 Å². The molecule has 122 valence electrons. The standard InChI is InChI=1S/C16H21N5O2/c1-3-17-13(22)6-9(2)20-16(23)11-7-18-15-14(11)21-12(8-19-15)10-4-5-10/h7-10H,3-6H2,1-2H3,(H,17,22)(H,18,19)(H,20,23). The Morgan fingerprint density at radius 1 is 1.43 bits per heavy atom. The molecule has 1 fully saturated rings. The number of carbonyl (C=O) groups excluding carboxylic acids is 2. The van der Waals surface area contributed by atoms with Gasteiger partial charge in [0, 0.05) is 31.1 Å². The first-order valence-electron chi connectivity index (χ1n) is 8.00. The number of rotatable bonds is 6. The van der Waals surface area contributed by atoms with Gasteiger partial charge in [0.25, 0.3) is 5.91 Å². The van der Waals surface area contributed by atoms with Crippen molar-refractivity contribution in [3.05, 3.63) is 23.7 Å². The molecule has 2 amide bonds. The van der Waals surface area contributed by atoms with E-state index in [2.05, 4.69) is 25.6 Å². The lowest BCUT2D eigenvalue weighted by atomic mass is 10.2. The molecule has 1 saturated carbocycles. The van der Waals surface area contributed by atoms with Crippen LogP contribution in [0.25, 0.3) is 11.2 Å². The number of amides is 2. The molecule has 1 aliphatic rings. The molecule has 7 nitrogen and oxygen atoms in total. The van der Waals surface area contributed by atoms with Gasteiger partial charge in [0.15, 0.2) is 5.65 Å². The summed E-state index contributed by atoms with van der Waals surface area (Å²) in [6.45, 7) is 4.26. The van der Waals surface area contributed by atoms with E-state index < -0.39 is 0 Å². The van der Waals surface area contributed by atoms with E-state index in [1.165, 1.54) is 0 Å². The summed E-state index contributed by atoms with van der Waals surface area (Å²) in [4.78, 5) is 35.9. The molecule has 0 bridgehead atoms. The van der Waals surface area contributed by atoms with Crippen LogP contribution < -0.4 is 10.6 Å². The average molecular weight is 315 g/mol. The molecule has 0 radical (unpaired) electrons. The Kier molecular flexibility index (Phi) is 4.27. The molecule has 1 atom stereocenters. The van der Waals surface area contributed by atoms with Crippen LogP contribution in [0, 0.1) is 0 Å². The van der Waals surface area contributed by atoms with Crippen LogP contribution in [0.2, 0.25) is 0 Å². The Morgan fingerprint density at radius 2 is 2.22 bits per heavy atom. The molecular formula is C16H21N5O2. The van der Waals surface area contributed by atoms with Crippen molar-refractivity contribution in [2.24, 2.45) is 0 Å². The smallest absolute Gasteiger partial charge is 0.255 e. The Balaban J connectivity index is 1.72. The molecule has 23 heavy (non-hydrogen) atoms. The van der Waals surface area contributed by atoms with Gasteiger partial charge in [-0.2, -0.15) is 0 Å². The maximum absolute atomic E-state index is 12.4. The van der Waals surface area contributed by atoms with Gasteiger partial charge in [-0.1, -0.05) is 0 Å². The SMILES string of the molecule is CCNC(=O)CC(C)NC(=O)c1c[nH]c2ncc(C3CC3)nc12. The molecule has 0 aromatic carbocycles. The molecule has 0 saturated heterocycles. The van der Waals surface area contributed by atoms with Crippen molar-refractivity contribution in [3.63, 3.8) is 0 Å². The zero-order valence-electron chi connectivity index (χ0n) is 13.3. The van der Waals surface area contributed by atoms with Crippen molar-refractivity contribution in [1.82, 2.24) is 25.6 Å². The number of hydrogen-bond acceptors (Lipinski definition) is 4. The number of aromatic nitrogens is 3. The molecule has 1 unspecified atom stereocenters. The van der Waals surface area contributed by atoms with Crippen LogP contribution in [0.4, 0.5) is 0 Å². The average Bonchev–Trinajstić information content (AvgIpc) is 3.26. The summed E-state index contributed by atoms with van der Waals surface area (Å²) in [7, 11) is 0. The monoisotopic (exact) mass is 315 g/mol. The van der Waals surface area contributed by atoms with Crippen LogP contribution in [0.5, 0.6) is 0 Å². The van der Waals surface area contributed by atoms with E-state index in [0.29, 0.717) is 29.2 Å². The summed E-state index contributed by atoms with van der Waals surface area (Å²) in [6, 6.07) is -0.251. The third-order valence-electron chi connectivity index (χ3n) is 3.88. The minimum absolute atomic E-state index is 0.0740. The Labute approximate surface area is 134 Å². The van der Waals surface area contributed by atoms with Crippen LogP contribution in [0.3, 0.4) is 0 Å². The fourth-order valence-corrected chi connectivity index (χ4v) is 2.55. The number of fused-ring (bicyclic) bond motifs is 1. The van der Waals surface area contributed by atoms with Crippen molar-refractivity contribution >= 4 is 23.0 Å². The Bertz CT molecular complexity index is 735. The number of nitrogens with one attached hydrogen (secondary N) is 3. The largest absolute Gasteiger partial charge is 0.356 e. The normalized spacial score (nSPS) is 15.4. The maximum atomic E-state index is 12.4. The van der Waals surface area contributed by atoms with Crippen LogP contribution in [-0.2, 0) is 4.79 Å². The number of aromatic amines is 1. The number of carbonyl (C=O) groups is 2. The lowest BCUT2D eigenvalue weighted by Gasteiger charge is -2.13. The summed E-state index contributed by atoms with van der Waals surface area (Å²) in [5.74, 6) is 0.166. The zero-order valence-corrected chi connectivity index (χ0v) is 13.3. The molecule has 2 heterocycles. The number of hydrogen-bond donors (Lipinski definition) is 3. The zero-order chi connectivity index (χ0) is 16.4. The minimum atomic E-state index is -0.251. The van der Waals surface area contributed by atoms with E-state index in [4.69, 9.17) is 0 Å². The lowest BCUT2D eigenvalue weighted by Crippen LogP contribution is -2.37. The van der Waals surface area contributed by atoms with Gasteiger partial charge >= 0.3 is 0 Å². The third kappa shape index (κ3) is 3.49. The van der Waals surface area contributed by atoms with Gasteiger partial charge < -0.3 is 15.6 Å². The van der Waals surface area contributed by atoms with Gasteiger partial charge in [-0.25, -0.2) is 9.97 Å². The van der Waals surface area contributed by atoms with E-state index in [-0.39, 0.29) is 24.3 Å². The topological polar surface area (TPSA) is 99.8 Å². The van der Waals surface area contributed by atoms with Crippen LogP contribution >= 0.6 is 0 Å². The molecular weight excluding hydrogens is 294 g/mol. The molecule has 3 N–H and O–H groups in total.